The summed E-state index contributed by atoms with van der Waals surface area (Å²) in [6, 6.07) is 16.8. The Morgan fingerprint density at radius 3 is 1.62 bits per heavy atom. The topological polar surface area (TPSA) is 68.3 Å². The first-order valence-corrected chi connectivity index (χ1v) is 12.7. The molecule has 1 saturated carbocycles. The van der Waals surface area contributed by atoms with E-state index in [-0.39, 0.29) is 15.2 Å². The molecule has 0 saturated heterocycles. The lowest BCUT2D eigenvalue weighted by atomic mass is 9.63. The van der Waals surface area contributed by atoms with Crippen LogP contribution in [0, 0.1) is 5.41 Å². The number of fused-ring (bicyclic) bond motifs is 1. The standard InChI is InChI=1S/C23H24O4S2/c1-23(2)16-19-20(28(24,25)17-10-5-3-6-11-17)14-9-15-21(22(19)23)29(26,27)18-12-7-4-8-13-18/h3-8,10-13H,9,14-16H2,1-2H3. The Labute approximate surface area is 172 Å². The molecule has 0 N–H and O–H groups in total. The van der Waals surface area contributed by atoms with Gasteiger partial charge in [-0.05, 0) is 66.5 Å². The van der Waals surface area contributed by atoms with Gasteiger partial charge in [-0.1, -0.05) is 50.2 Å². The van der Waals surface area contributed by atoms with Crippen molar-refractivity contribution in [1.29, 1.82) is 0 Å². The molecular formula is C23H24O4S2. The van der Waals surface area contributed by atoms with Gasteiger partial charge in [-0.25, -0.2) is 16.8 Å². The second kappa shape index (κ2) is 6.96. The van der Waals surface area contributed by atoms with E-state index in [0.29, 0.717) is 46.6 Å². The quantitative estimate of drug-likeness (QED) is 0.683. The highest BCUT2D eigenvalue weighted by Crippen LogP contribution is 2.57. The maximum Gasteiger partial charge on any atom is 0.203 e. The predicted molar refractivity (Wildman–Crippen MR) is 114 cm³/mol. The fourth-order valence-electron chi connectivity index (χ4n) is 4.44. The SMILES string of the molecule is CC1(C)CC2=C(S(=O)(=O)c3ccccc3)CCCC(S(=O)(=O)c3ccccc3)=C21. The third-order valence-corrected chi connectivity index (χ3v) is 9.72. The number of allylic oxidation sites excluding steroid dienone is 4. The van der Waals surface area contributed by atoms with Crippen LogP contribution in [-0.2, 0) is 19.7 Å². The van der Waals surface area contributed by atoms with Crippen LogP contribution in [0.4, 0.5) is 0 Å². The van der Waals surface area contributed by atoms with E-state index in [1.807, 2.05) is 13.8 Å². The van der Waals surface area contributed by atoms with E-state index in [4.69, 9.17) is 0 Å². The number of benzene rings is 2. The lowest BCUT2D eigenvalue weighted by Gasteiger charge is -2.43. The molecule has 152 valence electrons. The van der Waals surface area contributed by atoms with Crippen molar-refractivity contribution in [2.24, 2.45) is 5.41 Å². The van der Waals surface area contributed by atoms with Crippen LogP contribution in [0.15, 0.2) is 91.4 Å². The second-order valence-corrected chi connectivity index (χ2v) is 12.2. The molecule has 0 atom stereocenters. The smallest absolute Gasteiger partial charge is 0.203 e. The summed E-state index contributed by atoms with van der Waals surface area (Å²) >= 11 is 0. The Hall–Kier alpha value is -2.18. The molecule has 1 fully saturated rings. The van der Waals surface area contributed by atoms with Crippen LogP contribution in [0.2, 0.25) is 0 Å². The summed E-state index contributed by atoms with van der Waals surface area (Å²) in [7, 11) is -7.32. The summed E-state index contributed by atoms with van der Waals surface area (Å²) in [5, 5.41) is 0. The van der Waals surface area contributed by atoms with Gasteiger partial charge in [0, 0.05) is 0 Å². The maximum absolute atomic E-state index is 13.4. The summed E-state index contributed by atoms with van der Waals surface area (Å²) in [5.74, 6) is 0. The highest BCUT2D eigenvalue weighted by molar-refractivity contribution is 7.95. The van der Waals surface area contributed by atoms with Crippen molar-refractivity contribution in [3.05, 3.63) is 81.6 Å². The predicted octanol–water partition coefficient (Wildman–Crippen LogP) is 5.06. The summed E-state index contributed by atoms with van der Waals surface area (Å²) < 4.78 is 53.5. The van der Waals surface area contributed by atoms with E-state index in [9.17, 15) is 16.8 Å². The first-order chi connectivity index (χ1) is 13.7. The Kier molecular flexibility index (Phi) is 4.82. The first-order valence-electron chi connectivity index (χ1n) is 9.72. The molecule has 0 heterocycles. The normalized spacial score (nSPS) is 19.4. The number of hydrogen-bond acceptors (Lipinski definition) is 4. The van der Waals surface area contributed by atoms with E-state index in [1.165, 1.54) is 0 Å². The van der Waals surface area contributed by atoms with Gasteiger partial charge in [0.25, 0.3) is 0 Å². The van der Waals surface area contributed by atoms with Crippen molar-refractivity contribution in [3.8, 4) is 0 Å². The Balaban J connectivity index is 1.93. The minimum Gasteiger partial charge on any atom is -0.219 e. The largest absolute Gasteiger partial charge is 0.219 e. The number of hydrogen-bond donors (Lipinski definition) is 0. The van der Waals surface area contributed by atoms with E-state index in [1.54, 1.807) is 60.7 Å². The number of rotatable bonds is 4. The van der Waals surface area contributed by atoms with Gasteiger partial charge < -0.3 is 0 Å². The zero-order valence-electron chi connectivity index (χ0n) is 16.6. The molecule has 29 heavy (non-hydrogen) atoms. The van der Waals surface area contributed by atoms with Crippen LogP contribution in [-0.4, -0.2) is 16.8 Å². The average molecular weight is 429 g/mol. The molecule has 4 nitrogen and oxygen atoms in total. The third-order valence-electron chi connectivity index (χ3n) is 5.78. The van der Waals surface area contributed by atoms with Crippen LogP contribution < -0.4 is 0 Å². The molecule has 0 amide bonds. The second-order valence-electron chi connectivity index (χ2n) is 8.25. The molecule has 0 spiro atoms. The minimum absolute atomic E-state index is 0.263. The molecule has 2 aliphatic rings. The highest BCUT2D eigenvalue weighted by Gasteiger charge is 2.47. The van der Waals surface area contributed by atoms with Crippen LogP contribution in [0.5, 0.6) is 0 Å². The minimum atomic E-state index is -3.67. The fraction of sp³-hybridized carbons (Fsp3) is 0.304. The van der Waals surface area contributed by atoms with E-state index in [2.05, 4.69) is 0 Å². The summed E-state index contributed by atoms with van der Waals surface area (Å²) in [6.45, 7) is 3.98. The lowest BCUT2D eigenvalue weighted by Crippen LogP contribution is -2.33. The van der Waals surface area contributed by atoms with Crippen molar-refractivity contribution in [3.63, 3.8) is 0 Å². The molecular weight excluding hydrogens is 404 g/mol. The molecule has 6 heteroatoms. The third kappa shape index (κ3) is 3.28. The van der Waals surface area contributed by atoms with Gasteiger partial charge in [-0.2, -0.15) is 0 Å². The zero-order valence-corrected chi connectivity index (χ0v) is 18.2. The van der Waals surface area contributed by atoms with Gasteiger partial charge in [-0.3, -0.25) is 0 Å². The van der Waals surface area contributed by atoms with Crippen LogP contribution in [0.25, 0.3) is 0 Å². The summed E-state index contributed by atoms with van der Waals surface area (Å²) in [4.78, 5) is 1.30. The Morgan fingerprint density at radius 1 is 0.690 bits per heavy atom. The first kappa shape index (κ1) is 20.1. The molecule has 2 aliphatic carbocycles. The molecule has 0 unspecified atom stereocenters. The van der Waals surface area contributed by atoms with Gasteiger partial charge in [0.15, 0.2) is 0 Å². The lowest BCUT2D eigenvalue weighted by molar-refractivity contribution is 0.375. The fourth-order valence-corrected chi connectivity index (χ4v) is 8.03. The van der Waals surface area contributed by atoms with Gasteiger partial charge in [-0.15, -0.1) is 0 Å². The van der Waals surface area contributed by atoms with Gasteiger partial charge in [0.1, 0.15) is 0 Å². The molecule has 0 bridgehead atoms. The van der Waals surface area contributed by atoms with Crippen molar-refractivity contribution in [2.75, 3.05) is 0 Å². The zero-order chi connectivity index (χ0) is 20.9. The molecule has 4 rings (SSSR count). The monoisotopic (exact) mass is 428 g/mol. The summed E-state index contributed by atoms with van der Waals surface area (Å²) in [6.07, 6.45) is 1.77. The highest BCUT2D eigenvalue weighted by atomic mass is 32.2. The van der Waals surface area contributed by atoms with Gasteiger partial charge >= 0.3 is 0 Å². The molecule has 0 aromatic heterocycles. The Morgan fingerprint density at radius 2 is 1.14 bits per heavy atom. The molecule has 2 aromatic rings. The van der Waals surface area contributed by atoms with Gasteiger partial charge in [0.05, 0.1) is 19.6 Å². The van der Waals surface area contributed by atoms with Crippen molar-refractivity contribution < 1.29 is 16.8 Å². The average Bonchev–Trinajstić information content (AvgIpc) is 2.87. The van der Waals surface area contributed by atoms with E-state index < -0.39 is 19.7 Å². The van der Waals surface area contributed by atoms with Crippen LogP contribution >= 0.6 is 0 Å². The van der Waals surface area contributed by atoms with E-state index in [0.717, 1.165) is 0 Å². The van der Waals surface area contributed by atoms with Gasteiger partial charge in [0.2, 0.25) is 19.7 Å². The summed E-state index contributed by atoms with van der Waals surface area (Å²) in [5.41, 5.74) is 1.04. The molecule has 0 radical (unpaired) electrons. The van der Waals surface area contributed by atoms with Crippen molar-refractivity contribution in [1.82, 2.24) is 0 Å². The number of sulfone groups is 2. The van der Waals surface area contributed by atoms with Crippen LogP contribution in [0.3, 0.4) is 0 Å². The van der Waals surface area contributed by atoms with Crippen molar-refractivity contribution >= 4 is 19.7 Å². The van der Waals surface area contributed by atoms with Crippen LogP contribution in [0.1, 0.15) is 39.5 Å². The Bertz CT molecular complexity index is 1220. The molecule has 0 aliphatic heterocycles. The maximum atomic E-state index is 13.4. The van der Waals surface area contributed by atoms with Crippen molar-refractivity contribution in [2.45, 2.75) is 49.3 Å². The van der Waals surface area contributed by atoms with E-state index >= 15 is 0 Å². The molecule has 2 aromatic carbocycles.